The molecule has 0 radical (unpaired) electrons. The molecule has 14 aromatic rings. The lowest BCUT2D eigenvalue weighted by molar-refractivity contribution is 1.31. The molecule has 0 atom stereocenters. The number of nitrogens with zero attached hydrogens (tertiary/aromatic N) is 2. The number of thiophene rings is 1. The Balaban J connectivity index is 0.942. The van der Waals surface area contributed by atoms with Crippen molar-refractivity contribution in [3.8, 4) is 89.1 Å². The van der Waals surface area contributed by atoms with E-state index in [1.54, 1.807) is 0 Å². The van der Waals surface area contributed by atoms with Gasteiger partial charge >= 0.3 is 0 Å². The molecule has 12 aromatic carbocycles. The van der Waals surface area contributed by atoms with E-state index < -0.39 is 0 Å². The largest absolute Gasteiger partial charge is 0.252 e. The van der Waals surface area contributed by atoms with Gasteiger partial charge < -0.3 is 0 Å². The van der Waals surface area contributed by atoms with E-state index in [0.29, 0.717) is 0 Å². The maximum atomic E-state index is 5.63. The van der Waals surface area contributed by atoms with E-state index in [-0.39, 0.29) is 0 Å². The van der Waals surface area contributed by atoms with E-state index in [4.69, 9.17) is 9.97 Å². The van der Waals surface area contributed by atoms with Crippen LogP contribution in [0.1, 0.15) is 33.4 Å². The first-order valence-corrected chi connectivity index (χ1v) is 28.2. The molecule has 376 valence electrons. The molecule has 79 heavy (non-hydrogen) atoms. The molecule has 0 aliphatic rings. The highest BCUT2D eigenvalue weighted by Crippen LogP contribution is 2.46. The second-order valence-corrected chi connectivity index (χ2v) is 22.8. The van der Waals surface area contributed by atoms with E-state index in [0.717, 1.165) is 38.6 Å². The van der Waals surface area contributed by atoms with E-state index in [1.807, 2.05) is 17.5 Å². The predicted octanol–water partition coefficient (Wildman–Crippen LogP) is 21.5. The van der Waals surface area contributed by atoms with Crippen LogP contribution in [0.25, 0.3) is 142 Å². The van der Waals surface area contributed by atoms with Crippen molar-refractivity contribution >= 4 is 64.1 Å². The lowest BCUT2D eigenvalue weighted by Crippen LogP contribution is -1.95. The minimum absolute atomic E-state index is 0.841. The molecule has 0 N–H and O–H groups in total. The molecular formula is C76H56N2S. The zero-order chi connectivity index (χ0) is 53.5. The number of aromatic nitrogens is 2. The summed E-state index contributed by atoms with van der Waals surface area (Å²) in [7, 11) is 0. The van der Waals surface area contributed by atoms with Crippen LogP contribution in [0.4, 0.5) is 0 Å². The van der Waals surface area contributed by atoms with Gasteiger partial charge in [0.2, 0.25) is 0 Å². The number of hydrogen-bond acceptors (Lipinski definition) is 3. The highest BCUT2D eigenvalue weighted by atomic mass is 32.1. The van der Waals surface area contributed by atoms with Gasteiger partial charge in [0.15, 0.2) is 0 Å². The fourth-order valence-corrected chi connectivity index (χ4v) is 13.9. The molecule has 2 nitrogen and oxygen atoms in total. The van der Waals surface area contributed by atoms with E-state index in [1.165, 1.54) is 137 Å². The van der Waals surface area contributed by atoms with Crippen LogP contribution in [-0.4, -0.2) is 9.97 Å². The van der Waals surface area contributed by atoms with Crippen molar-refractivity contribution in [3.05, 3.63) is 264 Å². The summed E-state index contributed by atoms with van der Waals surface area (Å²) in [5, 5.41) is 7.06. The molecule has 0 bridgehead atoms. The van der Waals surface area contributed by atoms with Gasteiger partial charge in [0, 0.05) is 42.1 Å². The zero-order valence-electron chi connectivity index (χ0n) is 45.2. The highest BCUT2D eigenvalue weighted by Gasteiger charge is 2.20. The summed E-state index contributed by atoms with van der Waals surface area (Å²) in [6.07, 6.45) is 1.98. The van der Waals surface area contributed by atoms with Crippen LogP contribution >= 0.6 is 11.3 Å². The Morgan fingerprint density at radius 1 is 0.291 bits per heavy atom. The molecular weight excluding hydrogens is 973 g/mol. The number of fused-ring (bicyclic) bond motifs is 9. The molecule has 0 saturated heterocycles. The summed E-state index contributed by atoms with van der Waals surface area (Å²) in [6.45, 7) is 13.3. The first-order valence-electron chi connectivity index (χ1n) is 27.3. The van der Waals surface area contributed by atoms with Crippen molar-refractivity contribution in [2.75, 3.05) is 0 Å². The molecule has 0 fully saturated rings. The van der Waals surface area contributed by atoms with Gasteiger partial charge in [-0.05, 0) is 201 Å². The first kappa shape index (κ1) is 48.1. The van der Waals surface area contributed by atoms with Crippen molar-refractivity contribution < 1.29 is 0 Å². The zero-order valence-corrected chi connectivity index (χ0v) is 46.1. The Kier molecular flexibility index (Phi) is 11.8. The quantitative estimate of drug-likeness (QED) is 0.142. The summed E-state index contributed by atoms with van der Waals surface area (Å²) in [5.41, 5.74) is 28.3. The van der Waals surface area contributed by atoms with E-state index >= 15 is 0 Å². The standard InChI is InChI=1S/C76H56N2S/c1-45-32-47(3)72(48(4)33-45)60-26-29-63-66(40-60)67-41-61(73-49(5)34-46(2)35-50(73)6)27-30-64(67)75-74(63)77-44-70(78-75)59-25-15-24-58(38-59)65-42-62(56-23-14-21-54(37-56)52-18-11-8-12-19-52)43-69-68-39-57(28-31-71(68)79-76(65)69)55-22-13-20-53(36-55)51-16-9-7-10-17-51/h7-44H,1-6H3. The van der Waals surface area contributed by atoms with Gasteiger partial charge in [0.05, 0.1) is 22.9 Å². The van der Waals surface area contributed by atoms with Crippen LogP contribution in [-0.2, 0) is 0 Å². The summed E-state index contributed by atoms with van der Waals surface area (Å²) >= 11 is 1.87. The third-order valence-electron chi connectivity index (χ3n) is 16.2. The molecule has 0 amide bonds. The Bertz CT molecular complexity index is 4730. The van der Waals surface area contributed by atoms with Crippen molar-refractivity contribution in [1.82, 2.24) is 9.97 Å². The number of aryl methyl sites for hydroxylation is 6. The topological polar surface area (TPSA) is 25.8 Å². The monoisotopic (exact) mass is 1030 g/mol. The third-order valence-corrected chi connectivity index (χ3v) is 17.4. The van der Waals surface area contributed by atoms with Crippen molar-refractivity contribution in [2.45, 2.75) is 41.5 Å². The van der Waals surface area contributed by atoms with Crippen molar-refractivity contribution in [1.29, 1.82) is 0 Å². The average molecular weight is 1030 g/mol. The second kappa shape index (κ2) is 19.3. The first-order chi connectivity index (χ1) is 38.6. The Labute approximate surface area is 466 Å². The van der Waals surface area contributed by atoms with Gasteiger partial charge in [0.25, 0.3) is 0 Å². The van der Waals surface area contributed by atoms with Crippen LogP contribution in [0, 0.1) is 41.5 Å². The maximum absolute atomic E-state index is 5.63. The van der Waals surface area contributed by atoms with Gasteiger partial charge in [-0.3, -0.25) is 4.98 Å². The SMILES string of the molecule is Cc1cc(C)c(-c2ccc3c(c2)c2cc(-c4c(C)cc(C)cc4C)ccc2c2nc(-c4cccc(-c5cc(-c6cccc(-c7ccccc7)c6)cc6c5sc5ccc(-c7cccc(-c8ccccc8)c7)cc56)c4)cnc32)c(C)c1. The lowest BCUT2D eigenvalue weighted by atomic mass is 9.88. The molecule has 0 unspecified atom stereocenters. The molecule has 14 rings (SSSR count). The lowest BCUT2D eigenvalue weighted by Gasteiger charge is -2.17. The van der Waals surface area contributed by atoms with Gasteiger partial charge in [0.1, 0.15) is 0 Å². The van der Waals surface area contributed by atoms with Gasteiger partial charge in [-0.1, -0.05) is 181 Å². The molecule has 3 heteroatoms. The van der Waals surface area contributed by atoms with Crippen LogP contribution in [0.15, 0.2) is 231 Å². The maximum Gasteiger partial charge on any atom is 0.0979 e. The smallest absolute Gasteiger partial charge is 0.0979 e. The van der Waals surface area contributed by atoms with Gasteiger partial charge in [-0.15, -0.1) is 11.3 Å². The Morgan fingerprint density at radius 3 is 1.29 bits per heavy atom. The fraction of sp³-hybridized carbons (Fsp3) is 0.0789. The number of rotatable bonds is 8. The van der Waals surface area contributed by atoms with Crippen LogP contribution in [0.2, 0.25) is 0 Å². The predicted molar refractivity (Wildman–Crippen MR) is 339 cm³/mol. The highest BCUT2D eigenvalue weighted by molar-refractivity contribution is 7.26. The van der Waals surface area contributed by atoms with Crippen LogP contribution in [0.3, 0.4) is 0 Å². The molecule has 0 saturated carbocycles. The van der Waals surface area contributed by atoms with Crippen molar-refractivity contribution in [2.24, 2.45) is 0 Å². The Hall–Kier alpha value is -9.28. The third kappa shape index (κ3) is 8.59. The van der Waals surface area contributed by atoms with Gasteiger partial charge in [-0.2, -0.15) is 0 Å². The molecule has 2 heterocycles. The number of benzene rings is 12. The summed E-state index contributed by atoms with van der Waals surface area (Å²) in [4.78, 5) is 11.0. The second-order valence-electron chi connectivity index (χ2n) is 21.7. The van der Waals surface area contributed by atoms with E-state index in [2.05, 4.69) is 266 Å². The molecule has 0 aliphatic carbocycles. The summed E-state index contributed by atoms with van der Waals surface area (Å²) < 4.78 is 2.52. The molecule has 2 aromatic heterocycles. The fourth-order valence-electron chi connectivity index (χ4n) is 12.7. The molecule has 0 aliphatic heterocycles. The summed E-state index contributed by atoms with van der Waals surface area (Å²) in [6, 6.07) is 83.1. The Morgan fingerprint density at radius 2 is 0.722 bits per heavy atom. The molecule has 0 spiro atoms. The normalized spacial score (nSPS) is 11.7. The van der Waals surface area contributed by atoms with Crippen LogP contribution in [0.5, 0.6) is 0 Å². The number of hydrogen-bond donors (Lipinski definition) is 0. The minimum atomic E-state index is 0.841. The van der Waals surface area contributed by atoms with Crippen LogP contribution < -0.4 is 0 Å². The average Bonchev–Trinajstić information content (AvgIpc) is 4.10. The summed E-state index contributed by atoms with van der Waals surface area (Å²) in [5.74, 6) is 0. The van der Waals surface area contributed by atoms with Crippen molar-refractivity contribution in [3.63, 3.8) is 0 Å². The van der Waals surface area contributed by atoms with Gasteiger partial charge in [-0.25, -0.2) is 4.98 Å². The van der Waals surface area contributed by atoms with E-state index in [9.17, 15) is 0 Å². The minimum Gasteiger partial charge on any atom is -0.252 e.